The Hall–Kier alpha value is -3.71. The summed E-state index contributed by atoms with van der Waals surface area (Å²) in [6, 6.07) is 19.9. The summed E-state index contributed by atoms with van der Waals surface area (Å²) in [5, 5.41) is 5.50. The van der Waals surface area contributed by atoms with Gasteiger partial charge in [-0.05, 0) is 61.1 Å². The molecule has 2 amide bonds. The Morgan fingerprint density at radius 3 is 2.29 bits per heavy atom. The predicted molar refractivity (Wildman–Crippen MR) is 119 cm³/mol. The highest BCUT2D eigenvalue weighted by Gasteiger charge is 2.14. The third kappa shape index (κ3) is 6.38. The molecule has 0 saturated carbocycles. The number of hydrogen-bond donors (Lipinski definition) is 2. The standard InChI is InChI=1S/C24H24FN3O3/c1-28(15-17-7-13-20(31-2)14-8-17)16-23(29)27-22-6-4-3-5-21(22)24(30)26-19-11-9-18(25)10-12-19/h3-14H,15-16H2,1-2H3,(H,26,30)(H,27,29). The van der Waals surface area contributed by atoms with Crippen molar-refractivity contribution in [1.82, 2.24) is 4.90 Å². The van der Waals surface area contributed by atoms with Crippen LogP contribution in [0.3, 0.4) is 0 Å². The van der Waals surface area contributed by atoms with E-state index in [0.717, 1.165) is 11.3 Å². The van der Waals surface area contributed by atoms with Crippen LogP contribution in [-0.4, -0.2) is 37.4 Å². The maximum Gasteiger partial charge on any atom is 0.257 e. The number of carbonyl (C=O) groups is 2. The summed E-state index contributed by atoms with van der Waals surface area (Å²) in [6.45, 7) is 0.740. The molecule has 0 aromatic heterocycles. The highest BCUT2D eigenvalue weighted by Crippen LogP contribution is 2.18. The van der Waals surface area contributed by atoms with Crippen LogP contribution in [0.2, 0.25) is 0 Å². The fourth-order valence-electron chi connectivity index (χ4n) is 3.06. The molecule has 0 bridgehead atoms. The van der Waals surface area contributed by atoms with Crippen LogP contribution in [0.25, 0.3) is 0 Å². The van der Waals surface area contributed by atoms with Crippen molar-refractivity contribution < 1.29 is 18.7 Å². The molecule has 31 heavy (non-hydrogen) atoms. The molecule has 0 heterocycles. The summed E-state index contributed by atoms with van der Waals surface area (Å²) in [7, 11) is 3.46. The van der Waals surface area contributed by atoms with Gasteiger partial charge in [-0.25, -0.2) is 4.39 Å². The van der Waals surface area contributed by atoms with Crippen LogP contribution in [0.5, 0.6) is 5.75 Å². The Labute approximate surface area is 180 Å². The molecule has 3 rings (SSSR count). The molecule has 2 N–H and O–H groups in total. The molecule has 0 unspecified atom stereocenters. The molecule has 0 aliphatic carbocycles. The maximum absolute atomic E-state index is 13.1. The van der Waals surface area contributed by atoms with Gasteiger partial charge in [0.15, 0.2) is 0 Å². The Bertz CT molecular complexity index is 1040. The number of para-hydroxylation sites is 1. The number of halogens is 1. The van der Waals surface area contributed by atoms with E-state index in [1.165, 1.54) is 24.3 Å². The second-order valence-corrected chi connectivity index (χ2v) is 7.08. The molecular formula is C24H24FN3O3. The van der Waals surface area contributed by atoms with Gasteiger partial charge in [0, 0.05) is 12.2 Å². The van der Waals surface area contributed by atoms with Crippen LogP contribution in [0.1, 0.15) is 15.9 Å². The summed E-state index contributed by atoms with van der Waals surface area (Å²) < 4.78 is 18.2. The lowest BCUT2D eigenvalue weighted by Crippen LogP contribution is -2.30. The smallest absolute Gasteiger partial charge is 0.257 e. The number of nitrogens with one attached hydrogen (secondary N) is 2. The Morgan fingerprint density at radius 2 is 1.61 bits per heavy atom. The molecule has 0 atom stereocenters. The van der Waals surface area contributed by atoms with Gasteiger partial charge >= 0.3 is 0 Å². The summed E-state index contributed by atoms with van der Waals surface area (Å²) in [5.74, 6) is -0.240. The van der Waals surface area contributed by atoms with Crippen molar-refractivity contribution in [2.75, 3.05) is 31.3 Å². The third-order valence-corrected chi connectivity index (χ3v) is 4.57. The number of hydrogen-bond acceptors (Lipinski definition) is 4. The fourth-order valence-corrected chi connectivity index (χ4v) is 3.06. The molecule has 0 aliphatic heterocycles. The predicted octanol–water partition coefficient (Wildman–Crippen LogP) is 4.16. The number of anilines is 2. The van der Waals surface area contributed by atoms with Crippen LogP contribution in [-0.2, 0) is 11.3 Å². The van der Waals surface area contributed by atoms with E-state index in [0.29, 0.717) is 23.5 Å². The van der Waals surface area contributed by atoms with Crippen molar-refractivity contribution in [2.24, 2.45) is 0 Å². The first-order valence-corrected chi connectivity index (χ1v) is 9.72. The number of amides is 2. The molecule has 0 fully saturated rings. The average Bonchev–Trinajstić information content (AvgIpc) is 2.76. The molecule has 0 spiro atoms. The number of methoxy groups -OCH3 is 1. The topological polar surface area (TPSA) is 70.7 Å². The molecule has 3 aromatic carbocycles. The van der Waals surface area contributed by atoms with E-state index in [2.05, 4.69) is 10.6 Å². The van der Waals surface area contributed by atoms with Crippen LogP contribution in [0.4, 0.5) is 15.8 Å². The van der Waals surface area contributed by atoms with Gasteiger partial charge in [-0.1, -0.05) is 24.3 Å². The highest BCUT2D eigenvalue weighted by molar-refractivity contribution is 6.10. The van der Waals surface area contributed by atoms with E-state index < -0.39 is 5.91 Å². The minimum Gasteiger partial charge on any atom is -0.497 e. The van der Waals surface area contributed by atoms with Gasteiger partial charge in [-0.3, -0.25) is 14.5 Å². The van der Waals surface area contributed by atoms with Gasteiger partial charge < -0.3 is 15.4 Å². The average molecular weight is 421 g/mol. The van der Waals surface area contributed by atoms with E-state index in [1.54, 1.807) is 31.4 Å². The monoisotopic (exact) mass is 421 g/mol. The zero-order valence-corrected chi connectivity index (χ0v) is 17.4. The van der Waals surface area contributed by atoms with Crippen LogP contribution in [0, 0.1) is 5.82 Å². The minimum atomic E-state index is -0.394. The second-order valence-electron chi connectivity index (χ2n) is 7.08. The summed E-state index contributed by atoms with van der Waals surface area (Å²) in [4.78, 5) is 27.1. The SMILES string of the molecule is COc1ccc(CN(C)CC(=O)Nc2ccccc2C(=O)Nc2ccc(F)cc2)cc1. The van der Waals surface area contributed by atoms with E-state index in [9.17, 15) is 14.0 Å². The van der Waals surface area contributed by atoms with Crippen molar-refractivity contribution in [1.29, 1.82) is 0 Å². The fraction of sp³-hybridized carbons (Fsp3) is 0.167. The molecule has 3 aromatic rings. The molecule has 0 saturated heterocycles. The number of carbonyl (C=O) groups excluding carboxylic acids is 2. The van der Waals surface area contributed by atoms with Gasteiger partial charge in [-0.2, -0.15) is 0 Å². The van der Waals surface area contributed by atoms with E-state index in [4.69, 9.17) is 4.74 Å². The summed E-state index contributed by atoms with van der Waals surface area (Å²) in [5.41, 5.74) is 2.24. The lowest BCUT2D eigenvalue weighted by molar-refractivity contribution is -0.117. The first kappa shape index (κ1) is 22.0. The first-order chi connectivity index (χ1) is 14.9. The normalized spacial score (nSPS) is 10.6. The third-order valence-electron chi connectivity index (χ3n) is 4.57. The summed E-state index contributed by atoms with van der Waals surface area (Å²) in [6.07, 6.45) is 0. The van der Waals surface area contributed by atoms with Crippen LogP contribution < -0.4 is 15.4 Å². The van der Waals surface area contributed by atoms with Crippen molar-refractivity contribution in [3.05, 3.63) is 89.7 Å². The van der Waals surface area contributed by atoms with Crippen molar-refractivity contribution >= 4 is 23.2 Å². The van der Waals surface area contributed by atoms with Crippen LogP contribution in [0.15, 0.2) is 72.8 Å². The second kappa shape index (κ2) is 10.4. The minimum absolute atomic E-state index is 0.153. The molecule has 7 heteroatoms. The first-order valence-electron chi connectivity index (χ1n) is 9.72. The van der Waals surface area contributed by atoms with E-state index >= 15 is 0 Å². The Morgan fingerprint density at radius 1 is 0.935 bits per heavy atom. The van der Waals surface area contributed by atoms with Gasteiger partial charge in [-0.15, -0.1) is 0 Å². The lowest BCUT2D eigenvalue weighted by atomic mass is 10.1. The lowest BCUT2D eigenvalue weighted by Gasteiger charge is -2.17. The molecule has 6 nitrogen and oxygen atoms in total. The Kier molecular flexibility index (Phi) is 7.35. The van der Waals surface area contributed by atoms with Gasteiger partial charge in [0.25, 0.3) is 5.91 Å². The van der Waals surface area contributed by atoms with Crippen LogP contribution >= 0.6 is 0 Å². The quantitative estimate of drug-likeness (QED) is 0.573. The number of benzene rings is 3. The molecule has 0 radical (unpaired) electrons. The zero-order chi connectivity index (χ0) is 22.2. The Balaban J connectivity index is 1.60. The van der Waals surface area contributed by atoms with Crippen molar-refractivity contribution in [3.63, 3.8) is 0 Å². The molecule has 0 aliphatic rings. The highest BCUT2D eigenvalue weighted by atomic mass is 19.1. The van der Waals surface area contributed by atoms with Gasteiger partial charge in [0.05, 0.1) is 24.9 Å². The van der Waals surface area contributed by atoms with Gasteiger partial charge in [0.1, 0.15) is 11.6 Å². The van der Waals surface area contributed by atoms with E-state index in [-0.39, 0.29) is 18.3 Å². The van der Waals surface area contributed by atoms with Crippen molar-refractivity contribution in [3.8, 4) is 5.75 Å². The molecular weight excluding hydrogens is 397 g/mol. The number of ether oxygens (including phenoxy) is 1. The number of likely N-dealkylation sites (N-methyl/N-ethyl adjacent to an activating group) is 1. The van der Waals surface area contributed by atoms with Crippen molar-refractivity contribution in [2.45, 2.75) is 6.54 Å². The number of rotatable bonds is 8. The maximum atomic E-state index is 13.1. The van der Waals surface area contributed by atoms with E-state index in [1.807, 2.05) is 36.2 Å². The number of nitrogens with zero attached hydrogens (tertiary/aromatic N) is 1. The molecule has 160 valence electrons. The zero-order valence-electron chi connectivity index (χ0n) is 17.4. The largest absolute Gasteiger partial charge is 0.497 e. The summed E-state index contributed by atoms with van der Waals surface area (Å²) >= 11 is 0. The van der Waals surface area contributed by atoms with Gasteiger partial charge in [0.2, 0.25) is 5.91 Å².